The average Bonchev–Trinajstić information content (AvgIpc) is 2.47. The minimum Gasteiger partial charge on any atom is -0.473 e. The second kappa shape index (κ2) is 8.33. The Balaban J connectivity index is 0.000000956. The molecule has 0 saturated carbocycles. The molecule has 20 heavy (non-hydrogen) atoms. The average molecular weight is 293 g/mol. The molecule has 0 radical (unpaired) electrons. The molecule has 2 aromatic rings. The zero-order valence-corrected chi connectivity index (χ0v) is 12.4. The minimum atomic E-state index is -0.934. The molecule has 0 saturated heterocycles. The van der Waals surface area contributed by atoms with Gasteiger partial charge in [-0.25, -0.2) is 9.78 Å². The Morgan fingerprint density at radius 1 is 1.20 bits per heavy atom. The second-order valence-electron chi connectivity index (χ2n) is 4.01. The molecule has 4 heteroatoms. The largest absolute Gasteiger partial charge is 0.473 e. The maximum Gasteiger partial charge on any atom is 0.401 e. The number of H-pyrrole nitrogens is 1. The van der Waals surface area contributed by atoms with Crippen LogP contribution < -0.4 is 4.98 Å². The van der Waals surface area contributed by atoms with Crippen molar-refractivity contribution in [3.05, 3.63) is 64.4 Å². The minimum absolute atomic E-state index is 0.250. The highest BCUT2D eigenvalue weighted by molar-refractivity contribution is 6.30. The fourth-order valence-corrected chi connectivity index (χ4v) is 2.06. The number of aromatic nitrogens is 1. The first-order chi connectivity index (χ1) is 9.66. The third-order valence-corrected chi connectivity index (χ3v) is 2.96. The molecule has 0 bridgehead atoms. The number of aromatic carboxylic acids is 1. The molecule has 2 rings (SSSR count). The van der Waals surface area contributed by atoms with Crippen LogP contribution in [0.5, 0.6) is 0 Å². The maximum absolute atomic E-state index is 11.0. The molecule has 0 atom stereocenters. The number of carbonyl (C=O) groups is 1. The molecule has 1 heterocycles. The molecule has 2 N–H and O–H groups in total. The summed E-state index contributed by atoms with van der Waals surface area (Å²) < 4.78 is 0. The summed E-state index contributed by atoms with van der Waals surface area (Å²) in [6.45, 7) is 4.00. The van der Waals surface area contributed by atoms with Crippen LogP contribution >= 0.6 is 11.6 Å². The number of hydrogen-bond donors (Lipinski definition) is 1. The smallest absolute Gasteiger partial charge is 0.401 e. The maximum atomic E-state index is 11.0. The number of aromatic amines is 1. The molecule has 0 aliphatic heterocycles. The number of pyridine rings is 1. The van der Waals surface area contributed by atoms with Gasteiger partial charge in [-0.15, -0.1) is 0 Å². The van der Waals surface area contributed by atoms with E-state index in [4.69, 9.17) is 16.7 Å². The van der Waals surface area contributed by atoms with E-state index in [2.05, 4.69) is 4.98 Å². The number of carboxylic acid groups (broad SMARTS) is 1. The van der Waals surface area contributed by atoms with Crippen molar-refractivity contribution in [3.63, 3.8) is 0 Å². The van der Waals surface area contributed by atoms with Gasteiger partial charge in [0.15, 0.2) is 6.20 Å². The van der Waals surface area contributed by atoms with Crippen LogP contribution in [-0.2, 0) is 12.8 Å². The summed E-state index contributed by atoms with van der Waals surface area (Å²) in [5.41, 5.74) is 2.15. The number of nitrogens with one attached hydrogen (secondary N) is 1. The lowest BCUT2D eigenvalue weighted by molar-refractivity contribution is -0.384. The molecular formula is C16H19ClNO2+. The molecule has 0 fully saturated rings. The lowest BCUT2D eigenvalue weighted by Gasteiger charge is -2.02. The van der Waals surface area contributed by atoms with Gasteiger partial charge in [-0.1, -0.05) is 37.6 Å². The summed E-state index contributed by atoms with van der Waals surface area (Å²) in [7, 11) is 0. The van der Waals surface area contributed by atoms with Gasteiger partial charge in [0.2, 0.25) is 0 Å². The van der Waals surface area contributed by atoms with Crippen molar-refractivity contribution in [2.24, 2.45) is 0 Å². The summed E-state index contributed by atoms with van der Waals surface area (Å²) in [5.74, 6) is -0.934. The van der Waals surface area contributed by atoms with Crippen LogP contribution in [0.4, 0.5) is 0 Å². The molecule has 106 valence electrons. The zero-order chi connectivity index (χ0) is 15.0. The number of hydrogen-bond acceptors (Lipinski definition) is 1. The van der Waals surface area contributed by atoms with Gasteiger partial charge in [-0.2, -0.15) is 0 Å². The highest BCUT2D eigenvalue weighted by Gasteiger charge is 2.16. The standard InChI is InChI=1S/C14H12ClNO2.C2H6/c15-12-5-1-3-10(9-12)6-7-11-4-2-8-16-13(11)14(17)18;1-2/h1-5,8-9H,6-7H2,(H,17,18);1-2H3/p+1. The summed E-state index contributed by atoms with van der Waals surface area (Å²) >= 11 is 5.91. The van der Waals surface area contributed by atoms with Crippen LogP contribution in [0.1, 0.15) is 35.5 Å². The molecule has 1 aromatic heterocycles. The number of carboxylic acids is 1. The number of halogens is 1. The van der Waals surface area contributed by atoms with E-state index in [-0.39, 0.29) is 5.69 Å². The van der Waals surface area contributed by atoms with Crippen molar-refractivity contribution in [2.75, 3.05) is 0 Å². The fourth-order valence-electron chi connectivity index (χ4n) is 1.85. The van der Waals surface area contributed by atoms with E-state index in [0.29, 0.717) is 11.4 Å². The Hall–Kier alpha value is -1.87. The predicted molar refractivity (Wildman–Crippen MR) is 80.2 cm³/mol. The SMILES string of the molecule is CC.O=C(O)c1[nH+]cccc1CCc1cccc(Cl)c1. The highest BCUT2D eigenvalue weighted by Crippen LogP contribution is 2.13. The lowest BCUT2D eigenvalue weighted by Crippen LogP contribution is -2.19. The van der Waals surface area contributed by atoms with Crippen molar-refractivity contribution < 1.29 is 14.9 Å². The molecular weight excluding hydrogens is 274 g/mol. The quantitative estimate of drug-likeness (QED) is 0.935. The van der Waals surface area contributed by atoms with E-state index in [1.54, 1.807) is 12.3 Å². The molecule has 0 aliphatic rings. The Morgan fingerprint density at radius 2 is 1.95 bits per heavy atom. The van der Waals surface area contributed by atoms with Crippen molar-refractivity contribution in [3.8, 4) is 0 Å². The Kier molecular flexibility index (Phi) is 6.74. The Labute approximate surface area is 124 Å². The van der Waals surface area contributed by atoms with Gasteiger partial charge in [0.05, 0.1) is 0 Å². The normalized spacial score (nSPS) is 9.55. The van der Waals surface area contributed by atoms with Gasteiger partial charge in [-0.05, 0) is 36.6 Å². The topological polar surface area (TPSA) is 51.4 Å². The molecule has 0 amide bonds. The second-order valence-corrected chi connectivity index (χ2v) is 4.44. The first-order valence-electron chi connectivity index (χ1n) is 6.64. The third kappa shape index (κ3) is 4.67. The molecule has 1 aromatic carbocycles. The monoisotopic (exact) mass is 292 g/mol. The van der Waals surface area contributed by atoms with Crippen LogP contribution in [0.2, 0.25) is 5.02 Å². The van der Waals surface area contributed by atoms with Gasteiger partial charge < -0.3 is 5.11 Å². The van der Waals surface area contributed by atoms with E-state index in [1.807, 2.05) is 44.2 Å². The highest BCUT2D eigenvalue weighted by atomic mass is 35.5. The van der Waals surface area contributed by atoms with E-state index < -0.39 is 5.97 Å². The van der Waals surface area contributed by atoms with Gasteiger partial charge in [0.1, 0.15) is 0 Å². The van der Waals surface area contributed by atoms with Crippen LogP contribution in [0.3, 0.4) is 0 Å². The Bertz CT molecular complexity index is 570. The van der Waals surface area contributed by atoms with E-state index in [0.717, 1.165) is 17.5 Å². The molecule has 0 aliphatic carbocycles. The van der Waals surface area contributed by atoms with Crippen LogP contribution in [0, 0.1) is 0 Å². The molecule has 0 unspecified atom stereocenters. The van der Waals surface area contributed by atoms with Gasteiger partial charge in [0, 0.05) is 16.7 Å². The Morgan fingerprint density at radius 3 is 2.60 bits per heavy atom. The van der Waals surface area contributed by atoms with E-state index >= 15 is 0 Å². The van der Waals surface area contributed by atoms with Crippen LogP contribution in [0.15, 0.2) is 42.6 Å². The number of rotatable bonds is 4. The summed E-state index contributed by atoms with van der Waals surface area (Å²) in [5, 5.41) is 9.75. The first-order valence-corrected chi connectivity index (χ1v) is 7.02. The summed E-state index contributed by atoms with van der Waals surface area (Å²) in [4.78, 5) is 13.8. The van der Waals surface area contributed by atoms with E-state index in [1.165, 1.54) is 0 Å². The van der Waals surface area contributed by atoms with Crippen LogP contribution in [-0.4, -0.2) is 11.1 Å². The van der Waals surface area contributed by atoms with Gasteiger partial charge >= 0.3 is 5.97 Å². The lowest BCUT2D eigenvalue weighted by atomic mass is 10.0. The third-order valence-electron chi connectivity index (χ3n) is 2.73. The fraction of sp³-hybridized carbons (Fsp3) is 0.250. The molecule has 3 nitrogen and oxygen atoms in total. The van der Waals surface area contributed by atoms with Gasteiger partial charge in [0.25, 0.3) is 5.69 Å². The molecule has 0 spiro atoms. The summed E-state index contributed by atoms with van der Waals surface area (Å²) in [6, 6.07) is 11.2. The summed E-state index contributed by atoms with van der Waals surface area (Å²) in [6.07, 6.45) is 3.05. The van der Waals surface area contributed by atoms with Crippen molar-refractivity contribution in [1.29, 1.82) is 0 Å². The van der Waals surface area contributed by atoms with Crippen molar-refractivity contribution in [1.82, 2.24) is 0 Å². The van der Waals surface area contributed by atoms with Crippen molar-refractivity contribution in [2.45, 2.75) is 26.7 Å². The van der Waals surface area contributed by atoms with Crippen molar-refractivity contribution >= 4 is 17.6 Å². The first kappa shape index (κ1) is 16.2. The number of aryl methyl sites for hydroxylation is 2. The number of benzene rings is 1. The van der Waals surface area contributed by atoms with E-state index in [9.17, 15) is 4.79 Å². The van der Waals surface area contributed by atoms with Gasteiger partial charge in [-0.3, -0.25) is 0 Å². The van der Waals surface area contributed by atoms with Crippen LogP contribution in [0.25, 0.3) is 0 Å². The predicted octanol–water partition coefficient (Wildman–Crippen LogP) is 3.66. The zero-order valence-electron chi connectivity index (χ0n) is 11.7.